The minimum Gasteiger partial charge on any atom is -0.490 e. The molecule has 0 saturated heterocycles. The number of benzene rings is 2. The largest absolute Gasteiger partial charge is 0.490 e. The number of hydrogen-bond donors (Lipinski definition) is 2. The summed E-state index contributed by atoms with van der Waals surface area (Å²) in [5.74, 6) is 1.37. The number of H-pyrrole nitrogens is 1. The molecule has 1 aliphatic carbocycles. The lowest BCUT2D eigenvalue weighted by molar-refractivity contribution is -0.114. The van der Waals surface area contributed by atoms with Crippen LogP contribution in [0, 0.1) is 6.92 Å². The normalized spacial score (nSPS) is 19.4. The maximum Gasteiger partial charge on any atom is 0.221 e. The maximum absolute atomic E-state index is 11.3. The first-order chi connectivity index (χ1) is 12.1. The van der Waals surface area contributed by atoms with E-state index in [1.807, 2.05) is 24.4 Å². The summed E-state index contributed by atoms with van der Waals surface area (Å²) in [4.78, 5) is 14.5. The van der Waals surface area contributed by atoms with Crippen molar-refractivity contribution in [2.45, 2.75) is 38.7 Å². The highest BCUT2D eigenvalue weighted by atomic mass is 16.5. The smallest absolute Gasteiger partial charge is 0.221 e. The van der Waals surface area contributed by atoms with Crippen LogP contribution in [0.3, 0.4) is 0 Å². The molecule has 0 aliphatic heterocycles. The fraction of sp³-hybridized carbons (Fsp3) is 0.286. The van der Waals surface area contributed by atoms with Crippen molar-refractivity contribution in [2.24, 2.45) is 0 Å². The number of anilines is 1. The van der Waals surface area contributed by atoms with Gasteiger partial charge in [-0.2, -0.15) is 0 Å². The Morgan fingerprint density at radius 2 is 1.92 bits per heavy atom. The average Bonchev–Trinajstić information content (AvgIpc) is 2.93. The molecule has 2 N–H and O–H groups in total. The molecule has 1 heterocycles. The van der Waals surface area contributed by atoms with Gasteiger partial charge in [0.1, 0.15) is 5.75 Å². The molecule has 128 valence electrons. The Bertz CT molecular complexity index is 905. The molecule has 4 heteroatoms. The van der Waals surface area contributed by atoms with Gasteiger partial charge in [-0.3, -0.25) is 4.79 Å². The number of nitrogens with one attached hydrogen (secondary N) is 2. The summed E-state index contributed by atoms with van der Waals surface area (Å²) >= 11 is 0. The molecule has 2 aromatic carbocycles. The first-order valence-electron chi connectivity index (χ1n) is 8.70. The van der Waals surface area contributed by atoms with Gasteiger partial charge in [-0.05, 0) is 49.4 Å². The molecule has 0 bridgehead atoms. The van der Waals surface area contributed by atoms with Crippen molar-refractivity contribution in [2.75, 3.05) is 5.32 Å². The lowest BCUT2D eigenvalue weighted by Crippen LogP contribution is -2.32. The third kappa shape index (κ3) is 3.25. The Labute approximate surface area is 147 Å². The Morgan fingerprint density at radius 3 is 2.64 bits per heavy atom. The molecule has 3 aromatic rings. The first kappa shape index (κ1) is 15.8. The number of carbonyl (C=O) groups is 1. The number of aromatic nitrogens is 1. The topological polar surface area (TPSA) is 54.1 Å². The van der Waals surface area contributed by atoms with Crippen LogP contribution in [0.15, 0.2) is 48.7 Å². The summed E-state index contributed by atoms with van der Waals surface area (Å²) in [5.41, 5.74) is 4.48. The third-order valence-electron chi connectivity index (χ3n) is 4.91. The van der Waals surface area contributed by atoms with Crippen LogP contribution in [0.1, 0.15) is 36.8 Å². The van der Waals surface area contributed by atoms with Gasteiger partial charge in [0.2, 0.25) is 5.91 Å². The molecule has 0 radical (unpaired) electrons. The van der Waals surface area contributed by atoms with Crippen LogP contribution in [0.4, 0.5) is 5.69 Å². The SMILES string of the molecule is CC(=O)Nc1c[nH]c2ccc(OC3CC(c4ccc(C)cc4)C3)cc12. The van der Waals surface area contributed by atoms with Crippen molar-refractivity contribution in [1.29, 1.82) is 0 Å². The molecule has 1 aliphatic rings. The fourth-order valence-electron chi connectivity index (χ4n) is 3.43. The highest BCUT2D eigenvalue weighted by Gasteiger charge is 2.32. The van der Waals surface area contributed by atoms with E-state index in [0.29, 0.717) is 5.92 Å². The summed E-state index contributed by atoms with van der Waals surface area (Å²) in [5, 5.41) is 3.82. The number of rotatable bonds is 4. The van der Waals surface area contributed by atoms with Crippen molar-refractivity contribution in [1.82, 2.24) is 4.98 Å². The summed E-state index contributed by atoms with van der Waals surface area (Å²) in [7, 11) is 0. The molecule has 1 aromatic heterocycles. The Hall–Kier alpha value is -2.75. The zero-order chi connectivity index (χ0) is 17.4. The monoisotopic (exact) mass is 334 g/mol. The van der Waals surface area contributed by atoms with E-state index in [2.05, 4.69) is 41.5 Å². The highest BCUT2D eigenvalue weighted by Crippen LogP contribution is 2.39. The number of aromatic amines is 1. The Kier molecular flexibility index (Phi) is 3.96. The second kappa shape index (κ2) is 6.28. The van der Waals surface area contributed by atoms with E-state index >= 15 is 0 Å². The lowest BCUT2D eigenvalue weighted by Gasteiger charge is -2.35. The predicted molar refractivity (Wildman–Crippen MR) is 100 cm³/mol. The minimum absolute atomic E-state index is 0.0767. The van der Waals surface area contributed by atoms with Gasteiger partial charge in [-0.25, -0.2) is 0 Å². The van der Waals surface area contributed by atoms with Crippen LogP contribution >= 0.6 is 0 Å². The number of carbonyl (C=O) groups excluding carboxylic acids is 1. The van der Waals surface area contributed by atoms with Gasteiger partial charge in [0.25, 0.3) is 0 Å². The minimum atomic E-state index is -0.0767. The molecule has 0 atom stereocenters. The van der Waals surface area contributed by atoms with Gasteiger partial charge in [-0.1, -0.05) is 29.8 Å². The third-order valence-corrected chi connectivity index (χ3v) is 4.91. The fourth-order valence-corrected chi connectivity index (χ4v) is 3.43. The number of fused-ring (bicyclic) bond motifs is 1. The number of aryl methyl sites for hydroxylation is 1. The van der Waals surface area contributed by atoms with Crippen LogP contribution in [0.5, 0.6) is 5.75 Å². The van der Waals surface area contributed by atoms with Crippen molar-refractivity contribution < 1.29 is 9.53 Å². The molecular formula is C21H22N2O2. The number of hydrogen-bond acceptors (Lipinski definition) is 2. The first-order valence-corrected chi connectivity index (χ1v) is 8.70. The van der Waals surface area contributed by atoms with E-state index in [0.717, 1.165) is 35.2 Å². The Morgan fingerprint density at radius 1 is 1.16 bits per heavy atom. The predicted octanol–water partition coefficient (Wildman–Crippen LogP) is 4.76. The van der Waals surface area contributed by atoms with Crippen molar-refractivity contribution in [3.05, 3.63) is 59.8 Å². The summed E-state index contributed by atoms with van der Waals surface area (Å²) < 4.78 is 6.14. The van der Waals surface area contributed by atoms with Gasteiger partial charge >= 0.3 is 0 Å². The van der Waals surface area contributed by atoms with Crippen molar-refractivity contribution >= 4 is 22.5 Å². The second-order valence-electron chi connectivity index (χ2n) is 6.91. The van der Waals surface area contributed by atoms with Crippen molar-refractivity contribution in [3.63, 3.8) is 0 Å². The van der Waals surface area contributed by atoms with E-state index in [4.69, 9.17) is 4.74 Å². The van der Waals surface area contributed by atoms with Crippen LogP contribution in [0.2, 0.25) is 0 Å². The maximum atomic E-state index is 11.3. The zero-order valence-electron chi connectivity index (χ0n) is 14.5. The Balaban J connectivity index is 1.43. The molecule has 25 heavy (non-hydrogen) atoms. The number of ether oxygens (including phenoxy) is 1. The molecule has 0 unspecified atom stereocenters. The number of amides is 1. The van der Waals surface area contributed by atoms with Gasteiger partial charge in [-0.15, -0.1) is 0 Å². The summed E-state index contributed by atoms with van der Waals surface area (Å²) in [6, 6.07) is 14.8. The van der Waals surface area contributed by atoms with E-state index in [9.17, 15) is 4.79 Å². The van der Waals surface area contributed by atoms with E-state index in [1.165, 1.54) is 18.1 Å². The van der Waals surface area contributed by atoms with E-state index < -0.39 is 0 Å². The standard InChI is InChI=1S/C21H22N2O2/c1-13-3-5-15(6-4-13)16-9-18(10-16)25-17-7-8-20-19(11-17)21(12-22-20)23-14(2)24/h3-8,11-12,16,18,22H,9-10H2,1-2H3,(H,23,24). The zero-order valence-corrected chi connectivity index (χ0v) is 14.5. The van der Waals surface area contributed by atoms with E-state index in [1.54, 1.807) is 0 Å². The highest BCUT2D eigenvalue weighted by molar-refractivity contribution is 6.01. The van der Waals surface area contributed by atoms with Crippen LogP contribution in [-0.2, 0) is 4.79 Å². The molecule has 1 saturated carbocycles. The molecule has 4 nitrogen and oxygen atoms in total. The molecular weight excluding hydrogens is 312 g/mol. The lowest BCUT2D eigenvalue weighted by atomic mass is 9.77. The van der Waals surface area contributed by atoms with E-state index in [-0.39, 0.29) is 12.0 Å². The summed E-state index contributed by atoms with van der Waals surface area (Å²) in [6.07, 6.45) is 4.17. The van der Waals surface area contributed by atoms with Crippen molar-refractivity contribution in [3.8, 4) is 5.75 Å². The van der Waals surface area contributed by atoms with Crippen LogP contribution in [-0.4, -0.2) is 17.0 Å². The van der Waals surface area contributed by atoms with Gasteiger partial charge < -0.3 is 15.0 Å². The molecule has 0 spiro atoms. The summed E-state index contributed by atoms with van der Waals surface area (Å²) in [6.45, 7) is 3.63. The molecule has 1 amide bonds. The second-order valence-corrected chi connectivity index (χ2v) is 6.91. The van der Waals surface area contributed by atoms with Crippen LogP contribution in [0.25, 0.3) is 10.9 Å². The average molecular weight is 334 g/mol. The molecule has 4 rings (SSSR count). The van der Waals surface area contributed by atoms with Gasteiger partial charge in [0.15, 0.2) is 0 Å². The molecule has 1 fully saturated rings. The quantitative estimate of drug-likeness (QED) is 0.723. The van der Waals surface area contributed by atoms with Crippen LogP contribution < -0.4 is 10.1 Å². The van der Waals surface area contributed by atoms with Gasteiger partial charge in [0, 0.05) is 24.0 Å². The van der Waals surface area contributed by atoms with Gasteiger partial charge in [0.05, 0.1) is 11.8 Å².